The third-order valence-electron chi connectivity index (χ3n) is 6.00. The summed E-state index contributed by atoms with van der Waals surface area (Å²) in [6, 6.07) is 15.5. The summed E-state index contributed by atoms with van der Waals surface area (Å²) in [5.41, 5.74) is 9.63. The van der Waals surface area contributed by atoms with Gasteiger partial charge in [-0.3, -0.25) is 9.59 Å². The molecule has 3 aromatic carbocycles. The zero-order valence-corrected chi connectivity index (χ0v) is 22.9. The molecule has 0 atom stereocenters. The maximum absolute atomic E-state index is 12.7. The second-order valence-electron chi connectivity index (χ2n) is 9.13. The molecule has 0 radical (unpaired) electrons. The maximum Gasteiger partial charge on any atom is 0.194 e. The van der Waals surface area contributed by atoms with Gasteiger partial charge in [0.05, 0.1) is 0 Å². The van der Waals surface area contributed by atoms with E-state index in [1.54, 1.807) is 36.7 Å². The summed E-state index contributed by atoms with van der Waals surface area (Å²) >= 11 is 0.361. The van der Waals surface area contributed by atoms with Crippen molar-refractivity contribution in [1.29, 1.82) is 0 Å². The van der Waals surface area contributed by atoms with Crippen molar-refractivity contribution in [3.8, 4) is 0 Å². The number of aryl methyl sites for hydroxylation is 6. The number of aliphatic imine (C=N–C) groups is 2. The zero-order chi connectivity index (χ0) is 26.0. The second kappa shape index (κ2) is 10.7. The largest absolute Gasteiger partial charge is 0.289 e. The molecular formula is C31H29N2O2Pd. The Labute approximate surface area is 220 Å². The first-order chi connectivity index (χ1) is 17.2. The van der Waals surface area contributed by atoms with E-state index in [1.165, 1.54) is 26.8 Å². The normalized spacial score (nSPS) is 14.1. The molecule has 4 nitrogen and oxygen atoms in total. The van der Waals surface area contributed by atoms with Gasteiger partial charge in [-0.1, -0.05) is 42.0 Å². The smallest absolute Gasteiger partial charge is 0.194 e. The zero-order valence-electron chi connectivity index (χ0n) is 21.4. The fraction of sp³-hybridized carbons (Fsp3) is 0.194. The van der Waals surface area contributed by atoms with Crippen LogP contribution in [0.5, 0.6) is 0 Å². The SMILES string of the molecule is Cc1cc(C)[c]([Pd]=[C]2N=CC=N2)c(C)c1.Cc1cc(C)c(C2=CC(=O)c3ccccc3C2=O)c(C)c1. The van der Waals surface area contributed by atoms with E-state index in [2.05, 4.69) is 42.9 Å². The van der Waals surface area contributed by atoms with Gasteiger partial charge in [0.2, 0.25) is 0 Å². The summed E-state index contributed by atoms with van der Waals surface area (Å²) in [6.07, 6.45) is 4.99. The molecule has 0 saturated heterocycles. The molecule has 1 aliphatic carbocycles. The molecule has 0 unspecified atom stereocenters. The van der Waals surface area contributed by atoms with E-state index in [0.29, 0.717) is 34.2 Å². The van der Waals surface area contributed by atoms with Crippen LogP contribution < -0.4 is 4.04 Å². The average molecular weight is 568 g/mol. The van der Waals surface area contributed by atoms with Crippen molar-refractivity contribution in [2.45, 2.75) is 41.5 Å². The summed E-state index contributed by atoms with van der Waals surface area (Å²) < 4.78 is 2.36. The third-order valence-corrected chi connectivity index (χ3v) is 8.36. The van der Waals surface area contributed by atoms with Crippen molar-refractivity contribution in [2.24, 2.45) is 9.98 Å². The van der Waals surface area contributed by atoms with E-state index in [4.69, 9.17) is 0 Å². The van der Waals surface area contributed by atoms with Crippen LogP contribution in [0.3, 0.4) is 0 Å². The van der Waals surface area contributed by atoms with Crippen molar-refractivity contribution in [2.75, 3.05) is 0 Å². The van der Waals surface area contributed by atoms with Crippen LogP contribution in [-0.4, -0.2) is 28.2 Å². The number of rotatable bonds is 2. The van der Waals surface area contributed by atoms with Crippen LogP contribution in [0.15, 0.2) is 64.6 Å². The molecule has 0 aromatic heterocycles. The number of hydrogen-bond acceptors (Lipinski definition) is 4. The Hall–Kier alpha value is -3.39. The van der Waals surface area contributed by atoms with Crippen LogP contribution >= 0.6 is 0 Å². The predicted octanol–water partition coefficient (Wildman–Crippen LogP) is 5.64. The summed E-state index contributed by atoms with van der Waals surface area (Å²) in [5.74, 6) is -0.167. The Morgan fingerprint density at radius 3 is 1.72 bits per heavy atom. The number of ketones is 2. The first-order valence-corrected chi connectivity index (χ1v) is 13.3. The molecule has 0 spiro atoms. The number of fused-ring (bicyclic) bond motifs is 1. The van der Waals surface area contributed by atoms with Crippen LogP contribution in [0, 0.1) is 41.5 Å². The van der Waals surface area contributed by atoms with Crippen molar-refractivity contribution >= 4 is 37.8 Å². The number of nitrogens with zero attached hydrogens (tertiary/aromatic N) is 2. The Balaban J connectivity index is 0.000000179. The van der Waals surface area contributed by atoms with Gasteiger partial charge >= 0.3 is 97.8 Å². The topological polar surface area (TPSA) is 58.9 Å². The minimum Gasteiger partial charge on any atom is -0.289 e. The van der Waals surface area contributed by atoms with E-state index in [-0.39, 0.29) is 11.6 Å². The third kappa shape index (κ3) is 5.38. The Kier molecular flexibility index (Phi) is 7.64. The van der Waals surface area contributed by atoms with Crippen LogP contribution in [0.1, 0.15) is 59.7 Å². The van der Waals surface area contributed by atoms with Crippen molar-refractivity contribution in [3.63, 3.8) is 0 Å². The summed E-state index contributed by atoms with van der Waals surface area (Å²) in [6.45, 7) is 12.5. The number of benzene rings is 3. The van der Waals surface area contributed by atoms with E-state index in [1.807, 2.05) is 32.9 Å². The van der Waals surface area contributed by atoms with Crippen LogP contribution in [-0.2, 0) is 17.5 Å². The van der Waals surface area contributed by atoms with Gasteiger partial charge in [0.1, 0.15) is 0 Å². The van der Waals surface area contributed by atoms with Gasteiger partial charge < -0.3 is 0 Å². The van der Waals surface area contributed by atoms with Crippen molar-refractivity contribution in [1.82, 2.24) is 0 Å². The molecule has 0 N–H and O–H groups in total. The summed E-state index contributed by atoms with van der Waals surface area (Å²) in [7, 11) is 0. The van der Waals surface area contributed by atoms with Gasteiger partial charge in [-0.15, -0.1) is 0 Å². The molecular weight excluding hydrogens is 539 g/mol. The van der Waals surface area contributed by atoms with Gasteiger partial charge in [0.15, 0.2) is 11.6 Å². The van der Waals surface area contributed by atoms with E-state index in [0.717, 1.165) is 26.5 Å². The van der Waals surface area contributed by atoms with Gasteiger partial charge in [-0.25, -0.2) is 0 Å². The molecule has 3 aromatic rings. The molecule has 5 heteroatoms. The van der Waals surface area contributed by atoms with E-state index < -0.39 is 0 Å². The summed E-state index contributed by atoms with van der Waals surface area (Å²) in [5, 5.41) is 0. The van der Waals surface area contributed by atoms with Crippen molar-refractivity contribution < 1.29 is 27.1 Å². The maximum atomic E-state index is 12.7. The molecule has 5 rings (SSSR count). The number of hydrogen-bond donors (Lipinski definition) is 0. The number of allylic oxidation sites excluding steroid dienone is 2. The first kappa shape index (κ1) is 25.7. The molecule has 1 aliphatic heterocycles. The minimum atomic E-state index is -0.0976. The van der Waals surface area contributed by atoms with Gasteiger partial charge in [0, 0.05) is 16.7 Å². The molecule has 0 fully saturated rings. The fourth-order valence-corrected chi connectivity index (χ4v) is 6.33. The van der Waals surface area contributed by atoms with Gasteiger partial charge in [0.25, 0.3) is 0 Å². The molecule has 185 valence electrons. The van der Waals surface area contributed by atoms with E-state index in [9.17, 15) is 9.59 Å². The Morgan fingerprint density at radius 1 is 0.667 bits per heavy atom. The minimum absolute atomic E-state index is 0.0692. The molecule has 1 heterocycles. The quantitative estimate of drug-likeness (QED) is 0.377. The fourth-order valence-electron chi connectivity index (χ4n) is 4.71. The monoisotopic (exact) mass is 567 g/mol. The average Bonchev–Trinajstić information content (AvgIpc) is 3.33. The molecule has 0 saturated carbocycles. The van der Waals surface area contributed by atoms with Crippen LogP contribution in [0.4, 0.5) is 0 Å². The summed E-state index contributed by atoms with van der Waals surface area (Å²) in [4.78, 5) is 33.5. The van der Waals surface area contributed by atoms with Gasteiger partial charge in [-0.2, -0.15) is 0 Å². The Morgan fingerprint density at radius 2 is 1.17 bits per heavy atom. The van der Waals surface area contributed by atoms with Crippen LogP contribution in [0.2, 0.25) is 0 Å². The first-order valence-electron chi connectivity index (χ1n) is 11.7. The number of Topliss-reactive ketones (excluding diaryl/α,β-unsaturated/α-hetero) is 1. The van der Waals surface area contributed by atoms with E-state index >= 15 is 0 Å². The molecule has 36 heavy (non-hydrogen) atoms. The predicted molar refractivity (Wildman–Crippen MR) is 146 cm³/mol. The second-order valence-corrected chi connectivity index (χ2v) is 11.0. The molecule has 2 aliphatic rings. The number of carbonyl (C=O) groups is 2. The standard InChI is InChI=1S/C19H16O2.C9H11.C3H2N2.Pd/c1-11-8-12(2)18(13(3)9-11)16-10-17(20)14-6-4-5-7-15(14)19(16)21;1-7-4-8(2)6-9(3)5-7;1-2-5-3-4-1;/h4-10H,1-3H3;4-5H,1-3H3;1-2H;. The van der Waals surface area contributed by atoms with Crippen molar-refractivity contribution in [3.05, 3.63) is 105 Å². The Bertz CT molecular complexity index is 1460. The molecule has 0 amide bonds. The molecule has 0 bridgehead atoms. The van der Waals surface area contributed by atoms with Crippen LogP contribution in [0.25, 0.3) is 5.57 Å². The number of carbonyl (C=O) groups excluding carboxylic acids is 2. The van der Waals surface area contributed by atoms with Gasteiger partial charge in [-0.05, 0) is 43.5 Å².